The van der Waals surface area contributed by atoms with Gasteiger partial charge in [-0.2, -0.15) is 0 Å². The summed E-state index contributed by atoms with van der Waals surface area (Å²) in [5, 5.41) is 2.20. The Labute approximate surface area is 86.0 Å². The van der Waals surface area contributed by atoms with E-state index in [4.69, 9.17) is 10.2 Å². The lowest BCUT2D eigenvalue weighted by atomic mass is 10.2. The van der Waals surface area contributed by atoms with Crippen LogP contribution in [-0.4, -0.2) is 23.0 Å². The molecule has 1 fully saturated rings. The highest BCUT2D eigenvalue weighted by Gasteiger charge is 2.30. The van der Waals surface area contributed by atoms with E-state index in [1.54, 1.807) is 12.1 Å². The molecule has 2 heterocycles. The third-order valence-corrected chi connectivity index (χ3v) is 2.21. The van der Waals surface area contributed by atoms with E-state index in [1.165, 1.54) is 11.2 Å². The molecule has 3 amide bonds. The quantitative estimate of drug-likeness (QED) is 0.717. The predicted molar refractivity (Wildman–Crippen MR) is 50.4 cm³/mol. The molecule has 0 spiro atoms. The monoisotopic (exact) mass is 209 g/mol. The van der Waals surface area contributed by atoms with Crippen LogP contribution in [0.4, 0.5) is 4.79 Å². The van der Waals surface area contributed by atoms with Crippen LogP contribution >= 0.6 is 0 Å². The third kappa shape index (κ3) is 1.99. The Morgan fingerprint density at radius 3 is 3.00 bits per heavy atom. The number of carbonyl (C=O) groups excluding carboxylic acids is 2. The molecule has 0 saturated carbocycles. The SMILES string of the molecule is NC1CC(=O)NC(=O)N1Cc1ccco1. The number of nitrogens with zero attached hydrogens (tertiary/aromatic N) is 1. The summed E-state index contributed by atoms with van der Waals surface area (Å²) >= 11 is 0. The number of urea groups is 1. The van der Waals surface area contributed by atoms with Gasteiger partial charge in [0.25, 0.3) is 0 Å². The molecule has 2 rings (SSSR count). The van der Waals surface area contributed by atoms with Crippen molar-refractivity contribution in [2.45, 2.75) is 19.1 Å². The van der Waals surface area contributed by atoms with Crippen LogP contribution in [0, 0.1) is 0 Å². The highest BCUT2D eigenvalue weighted by Crippen LogP contribution is 2.11. The highest BCUT2D eigenvalue weighted by atomic mass is 16.3. The molecule has 80 valence electrons. The van der Waals surface area contributed by atoms with Gasteiger partial charge in [0.2, 0.25) is 5.91 Å². The molecule has 1 aliphatic heterocycles. The number of rotatable bonds is 2. The van der Waals surface area contributed by atoms with Gasteiger partial charge >= 0.3 is 6.03 Å². The second-order valence-electron chi connectivity index (χ2n) is 3.33. The van der Waals surface area contributed by atoms with Crippen LogP contribution < -0.4 is 11.1 Å². The van der Waals surface area contributed by atoms with Crippen molar-refractivity contribution in [1.29, 1.82) is 0 Å². The molecule has 1 aromatic rings. The van der Waals surface area contributed by atoms with E-state index in [0.717, 1.165) is 0 Å². The minimum absolute atomic E-state index is 0.118. The summed E-state index contributed by atoms with van der Waals surface area (Å²) < 4.78 is 5.10. The molecule has 0 radical (unpaired) electrons. The minimum Gasteiger partial charge on any atom is -0.467 e. The molecule has 1 aromatic heterocycles. The van der Waals surface area contributed by atoms with E-state index in [-0.39, 0.29) is 18.9 Å². The number of hydrogen-bond acceptors (Lipinski definition) is 4. The summed E-state index contributed by atoms with van der Waals surface area (Å²) in [5.74, 6) is 0.290. The molecular formula is C9H11N3O3. The smallest absolute Gasteiger partial charge is 0.325 e. The average molecular weight is 209 g/mol. The van der Waals surface area contributed by atoms with Crippen LogP contribution in [0.15, 0.2) is 22.8 Å². The van der Waals surface area contributed by atoms with E-state index < -0.39 is 12.2 Å². The number of amides is 3. The van der Waals surface area contributed by atoms with Crippen molar-refractivity contribution in [3.63, 3.8) is 0 Å². The van der Waals surface area contributed by atoms with E-state index in [1.807, 2.05) is 0 Å². The van der Waals surface area contributed by atoms with Crippen molar-refractivity contribution in [1.82, 2.24) is 10.2 Å². The van der Waals surface area contributed by atoms with Gasteiger partial charge in [-0.25, -0.2) is 4.79 Å². The Hall–Kier alpha value is -1.82. The largest absolute Gasteiger partial charge is 0.467 e. The van der Waals surface area contributed by atoms with Gasteiger partial charge in [-0.3, -0.25) is 10.1 Å². The highest BCUT2D eigenvalue weighted by molar-refractivity contribution is 5.97. The van der Waals surface area contributed by atoms with Crippen molar-refractivity contribution in [3.05, 3.63) is 24.2 Å². The van der Waals surface area contributed by atoms with Crippen LogP contribution in [0.5, 0.6) is 0 Å². The van der Waals surface area contributed by atoms with Crippen molar-refractivity contribution >= 4 is 11.9 Å². The van der Waals surface area contributed by atoms with E-state index in [2.05, 4.69) is 5.32 Å². The van der Waals surface area contributed by atoms with Crippen molar-refractivity contribution < 1.29 is 14.0 Å². The number of imide groups is 1. The van der Waals surface area contributed by atoms with Gasteiger partial charge in [0, 0.05) is 0 Å². The molecule has 1 atom stereocenters. The van der Waals surface area contributed by atoms with E-state index >= 15 is 0 Å². The molecule has 15 heavy (non-hydrogen) atoms. The van der Waals surface area contributed by atoms with Crippen LogP contribution in [-0.2, 0) is 11.3 Å². The fourth-order valence-electron chi connectivity index (χ4n) is 1.45. The zero-order valence-corrected chi connectivity index (χ0v) is 7.97. The molecule has 1 aliphatic rings. The van der Waals surface area contributed by atoms with Gasteiger partial charge in [0.15, 0.2) is 0 Å². The molecule has 0 bridgehead atoms. The van der Waals surface area contributed by atoms with Gasteiger partial charge in [0.05, 0.1) is 25.4 Å². The maximum absolute atomic E-state index is 11.4. The molecule has 6 nitrogen and oxygen atoms in total. The lowest BCUT2D eigenvalue weighted by Gasteiger charge is -2.31. The fourth-order valence-corrected chi connectivity index (χ4v) is 1.45. The molecular weight excluding hydrogens is 198 g/mol. The van der Waals surface area contributed by atoms with Gasteiger partial charge in [-0.1, -0.05) is 0 Å². The Morgan fingerprint density at radius 1 is 1.60 bits per heavy atom. The fraction of sp³-hybridized carbons (Fsp3) is 0.333. The number of nitrogens with one attached hydrogen (secondary N) is 1. The molecule has 0 aliphatic carbocycles. The van der Waals surface area contributed by atoms with Crippen LogP contribution in [0.3, 0.4) is 0 Å². The Morgan fingerprint density at radius 2 is 2.40 bits per heavy atom. The number of hydrogen-bond donors (Lipinski definition) is 2. The zero-order chi connectivity index (χ0) is 10.8. The van der Waals surface area contributed by atoms with Crippen LogP contribution in [0.25, 0.3) is 0 Å². The lowest BCUT2D eigenvalue weighted by Crippen LogP contribution is -2.57. The number of nitrogens with two attached hydrogens (primary N) is 1. The van der Waals surface area contributed by atoms with Crippen molar-refractivity contribution in [2.24, 2.45) is 5.73 Å². The van der Waals surface area contributed by atoms with Gasteiger partial charge in [0.1, 0.15) is 5.76 Å². The second-order valence-corrected chi connectivity index (χ2v) is 3.33. The Balaban J connectivity index is 2.08. The summed E-state index contributed by atoms with van der Waals surface area (Å²) in [7, 11) is 0. The van der Waals surface area contributed by atoms with Crippen LogP contribution in [0.1, 0.15) is 12.2 Å². The topological polar surface area (TPSA) is 88.6 Å². The molecule has 6 heteroatoms. The first kappa shape index (κ1) is 9.72. The van der Waals surface area contributed by atoms with Crippen LogP contribution in [0.2, 0.25) is 0 Å². The summed E-state index contributed by atoms with van der Waals surface area (Å²) in [5.41, 5.74) is 5.68. The number of carbonyl (C=O) groups is 2. The minimum atomic E-state index is -0.587. The standard InChI is InChI=1S/C9H11N3O3/c10-7-4-8(13)11-9(14)12(7)5-6-2-1-3-15-6/h1-3,7H,4-5,10H2,(H,11,13,14). The molecule has 1 saturated heterocycles. The van der Waals surface area contributed by atoms with Gasteiger partial charge in [-0.05, 0) is 12.1 Å². The Bertz CT molecular complexity index is 374. The van der Waals surface area contributed by atoms with Gasteiger partial charge < -0.3 is 15.1 Å². The lowest BCUT2D eigenvalue weighted by molar-refractivity contribution is -0.122. The average Bonchev–Trinajstić information content (AvgIpc) is 2.63. The second kappa shape index (κ2) is 3.74. The van der Waals surface area contributed by atoms with E-state index in [0.29, 0.717) is 5.76 Å². The number of furan rings is 1. The first-order valence-corrected chi connectivity index (χ1v) is 4.55. The summed E-state index contributed by atoms with van der Waals surface area (Å²) in [6.45, 7) is 0.271. The zero-order valence-electron chi connectivity index (χ0n) is 7.97. The maximum atomic E-state index is 11.4. The predicted octanol–water partition coefficient (Wildman–Crippen LogP) is 0.00630. The Kier molecular flexibility index (Phi) is 2.42. The summed E-state index contributed by atoms with van der Waals surface area (Å²) in [4.78, 5) is 23.7. The van der Waals surface area contributed by atoms with Crippen molar-refractivity contribution in [2.75, 3.05) is 0 Å². The molecule has 1 unspecified atom stereocenters. The normalized spacial score (nSPS) is 21.7. The third-order valence-electron chi connectivity index (χ3n) is 2.21. The molecule has 3 N–H and O–H groups in total. The first-order valence-electron chi connectivity index (χ1n) is 4.55. The van der Waals surface area contributed by atoms with Crippen molar-refractivity contribution in [3.8, 4) is 0 Å². The summed E-state index contributed by atoms with van der Waals surface area (Å²) in [6.07, 6.45) is 1.05. The summed E-state index contributed by atoms with van der Waals surface area (Å²) in [6, 6.07) is 3.00. The van der Waals surface area contributed by atoms with E-state index in [9.17, 15) is 9.59 Å². The maximum Gasteiger partial charge on any atom is 0.325 e. The first-order chi connectivity index (χ1) is 7.16. The molecule has 0 aromatic carbocycles. The van der Waals surface area contributed by atoms with Gasteiger partial charge in [-0.15, -0.1) is 0 Å².